The number of likely N-dealkylation sites (N-methyl/N-ethyl adjacent to an activating group) is 1. The predicted molar refractivity (Wildman–Crippen MR) is 55.5 cm³/mol. The van der Waals surface area contributed by atoms with Gasteiger partial charge in [-0.15, -0.1) is 0 Å². The van der Waals surface area contributed by atoms with Crippen LogP contribution in [0, 0.1) is 17.5 Å². The molecule has 21 heavy (non-hydrogen) atoms. The fourth-order valence-corrected chi connectivity index (χ4v) is 1.58. The Balaban J connectivity index is 3.32. The quantitative estimate of drug-likeness (QED) is 0.687. The van der Waals surface area contributed by atoms with Crippen LogP contribution in [0.5, 0.6) is 0 Å². The molecule has 1 rings (SSSR count). The van der Waals surface area contributed by atoms with Crippen LogP contribution in [-0.2, 0) is 9.59 Å². The van der Waals surface area contributed by atoms with Crippen molar-refractivity contribution >= 4 is 11.9 Å². The maximum Gasteiger partial charge on any atom is 0.471 e. The van der Waals surface area contributed by atoms with Gasteiger partial charge in [0.1, 0.15) is 0 Å². The summed E-state index contributed by atoms with van der Waals surface area (Å²) < 4.78 is 75.6. The highest BCUT2D eigenvalue weighted by Crippen LogP contribution is 2.27. The van der Waals surface area contributed by atoms with Gasteiger partial charge in [-0.25, -0.2) is 18.0 Å². The van der Waals surface area contributed by atoms with Crippen LogP contribution in [0.25, 0.3) is 0 Å². The number of carbonyl (C=O) groups excluding carboxylic acids is 1. The van der Waals surface area contributed by atoms with Gasteiger partial charge in [-0.2, -0.15) is 13.2 Å². The van der Waals surface area contributed by atoms with E-state index in [9.17, 15) is 35.9 Å². The fourth-order valence-electron chi connectivity index (χ4n) is 1.58. The molecule has 0 heterocycles. The number of nitrogens with zero attached hydrogens (tertiary/aromatic N) is 1. The van der Waals surface area contributed by atoms with Crippen LogP contribution in [0.4, 0.5) is 26.3 Å². The molecule has 0 saturated carbocycles. The Kier molecular flexibility index (Phi) is 4.49. The molecule has 0 aromatic heterocycles. The van der Waals surface area contributed by atoms with E-state index < -0.39 is 47.1 Å². The smallest absolute Gasteiger partial charge is 0.471 e. The number of carboxylic acids is 1. The Bertz CT molecular complexity index is 563. The summed E-state index contributed by atoms with van der Waals surface area (Å²) in [4.78, 5) is 21.7. The monoisotopic (exact) mass is 315 g/mol. The molecule has 1 aromatic rings. The molecule has 0 bridgehead atoms. The first-order valence-electron chi connectivity index (χ1n) is 5.18. The molecule has 116 valence electrons. The topological polar surface area (TPSA) is 57.6 Å². The van der Waals surface area contributed by atoms with Crippen molar-refractivity contribution in [3.05, 3.63) is 35.1 Å². The normalized spacial score (nSPS) is 12.9. The second-order valence-electron chi connectivity index (χ2n) is 3.95. The van der Waals surface area contributed by atoms with Crippen molar-refractivity contribution in [3.63, 3.8) is 0 Å². The Labute approximate surface area is 113 Å². The van der Waals surface area contributed by atoms with Gasteiger partial charge in [0.05, 0.1) is 0 Å². The zero-order valence-corrected chi connectivity index (χ0v) is 10.2. The van der Waals surface area contributed by atoms with Gasteiger partial charge >= 0.3 is 18.1 Å². The third-order valence-corrected chi connectivity index (χ3v) is 2.51. The van der Waals surface area contributed by atoms with Crippen LogP contribution in [0.15, 0.2) is 12.1 Å². The van der Waals surface area contributed by atoms with Crippen LogP contribution in [0.2, 0.25) is 0 Å². The summed E-state index contributed by atoms with van der Waals surface area (Å²) in [5.74, 6) is -9.98. The van der Waals surface area contributed by atoms with Crippen molar-refractivity contribution in [2.45, 2.75) is 12.2 Å². The predicted octanol–water partition coefficient (Wildman–Crippen LogP) is 2.25. The lowest BCUT2D eigenvalue weighted by Crippen LogP contribution is -2.43. The van der Waals surface area contributed by atoms with Gasteiger partial charge in [-0.1, -0.05) is 0 Å². The largest absolute Gasteiger partial charge is 0.479 e. The number of benzene rings is 1. The van der Waals surface area contributed by atoms with Gasteiger partial charge in [0.2, 0.25) is 0 Å². The van der Waals surface area contributed by atoms with Crippen molar-refractivity contribution in [2.75, 3.05) is 7.05 Å². The second kappa shape index (κ2) is 5.62. The van der Waals surface area contributed by atoms with Crippen molar-refractivity contribution in [1.29, 1.82) is 0 Å². The van der Waals surface area contributed by atoms with E-state index in [1.807, 2.05) is 0 Å². The number of carboxylic acid groups (broad SMARTS) is 1. The molecule has 0 fully saturated rings. The SMILES string of the molecule is CN(C(=O)C(F)(F)F)C(C(=O)O)c1cc(F)c(F)c(F)c1. The minimum atomic E-state index is -5.38. The first kappa shape index (κ1) is 16.8. The molecule has 10 heteroatoms. The van der Waals surface area contributed by atoms with E-state index in [4.69, 9.17) is 5.11 Å². The number of amides is 1. The molecule has 0 aliphatic heterocycles. The summed E-state index contributed by atoms with van der Waals surface area (Å²) in [7, 11) is 0.494. The van der Waals surface area contributed by atoms with Gasteiger partial charge in [0, 0.05) is 7.05 Å². The highest BCUT2D eigenvalue weighted by atomic mass is 19.4. The Morgan fingerprint density at radius 3 is 1.90 bits per heavy atom. The maximum atomic E-state index is 13.0. The van der Waals surface area contributed by atoms with E-state index >= 15 is 0 Å². The first-order chi connectivity index (χ1) is 9.46. The Hall–Kier alpha value is -2.26. The van der Waals surface area contributed by atoms with Gasteiger partial charge in [-0.05, 0) is 17.7 Å². The van der Waals surface area contributed by atoms with Crippen LogP contribution in [-0.4, -0.2) is 35.1 Å². The summed E-state index contributed by atoms with van der Waals surface area (Å²) in [5.41, 5.74) is -0.848. The third-order valence-electron chi connectivity index (χ3n) is 2.51. The van der Waals surface area contributed by atoms with Crippen molar-refractivity contribution < 1.29 is 41.0 Å². The van der Waals surface area contributed by atoms with Crippen molar-refractivity contribution in [1.82, 2.24) is 4.90 Å². The lowest BCUT2D eigenvalue weighted by atomic mass is 10.0. The van der Waals surface area contributed by atoms with E-state index in [1.54, 1.807) is 0 Å². The molecule has 0 saturated heterocycles. The number of carbonyl (C=O) groups is 2. The molecule has 1 N–H and O–H groups in total. The number of alkyl halides is 3. The van der Waals surface area contributed by atoms with Gasteiger partial charge in [-0.3, -0.25) is 4.79 Å². The van der Waals surface area contributed by atoms with Crippen LogP contribution >= 0.6 is 0 Å². The zero-order chi connectivity index (χ0) is 16.5. The number of rotatable bonds is 3. The molecule has 1 amide bonds. The highest BCUT2D eigenvalue weighted by molar-refractivity contribution is 5.87. The molecule has 1 unspecified atom stereocenters. The van der Waals surface area contributed by atoms with E-state index in [0.29, 0.717) is 7.05 Å². The Morgan fingerprint density at radius 2 is 1.57 bits per heavy atom. The second-order valence-corrected chi connectivity index (χ2v) is 3.95. The first-order valence-corrected chi connectivity index (χ1v) is 5.18. The lowest BCUT2D eigenvalue weighted by molar-refractivity contribution is -0.188. The molecule has 0 spiro atoms. The summed E-state index contributed by atoms with van der Waals surface area (Å²) in [6.07, 6.45) is -5.38. The molecule has 1 atom stereocenters. The van der Waals surface area contributed by atoms with E-state index in [2.05, 4.69) is 0 Å². The standard InChI is InChI=1S/C11H7F6NO3/c1-18(10(21)11(15,16)17)8(9(19)20)4-2-5(12)7(14)6(13)3-4/h2-3,8H,1H3,(H,19,20). The van der Waals surface area contributed by atoms with Gasteiger partial charge in [0.25, 0.3) is 0 Å². The number of halogens is 6. The fraction of sp³-hybridized carbons (Fsp3) is 0.273. The summed E-state index contributed by atoms with van der Waals surface area (Å²) in [6.45, 7) is 0. The zero-order valence-electron chi connectivity index (χ0n) is 10.2. The molecule has 1 aromatic carbocycles. The summed E-state index contributed by atoms with van der Waals surface area (Å²) in [6, 6.07) is -1.92. The minimum Gasteiger partial charge on any atom is -0.479 e. The molecule has 0 aliphatic rings. The molecular formula is C11H7F6NO3. The van der Waals surface area contributed by atoms with Crippen molar-refractivity contribution in [3.8, 4) is 0 Å². The molecular weight excluding hydrogens is 308 g/mol. The van der Waals surface area contributed by atoms with Gasteiger partial charge < -0.3 is 10.0 Å². The number of hydrogen-bond acceptors (Lipinski definition) is 2. The van der Waals surface area contributed by atoms with E-state index in [-0.39, 0.29) is 17.0 Å². The molecule has 4 nitrogen and oxygen atoms in total. The van der Waals surface area contributed by atoms with Crippen LogP contribution in [0.3, 0.4) is 0 Å². The highest BCUT2D eigenvalue weighted by Gasteiger charge is 2.45. The number of aliphatic carboxylic acids is 1. The average Bonchev–Trinajstić information content (AvgIpc) is 2.33. The van der Waals surface area contributed by atoms with E-state index in [1.165, 1.54) is 0 Å². The van der Waals surface area contributed by atoms with Gasteiger partial charge in [0.15, 0.2) is 23.5 Å². The average molecular weight is 315 g/mol. The molecule has 0 radical (unpaired) electrons. The summed E-state index contributed by atoms with van der Waals surface area (Å²) >= 11 is 0. The molecule has 0 aliphatic carbocycles. The maximum absolute atomic E-state index is 13.0. The lowest BCUT2D eigenvalue weighted by Gasteiger charge is -2.26. The van der Waals surface area contributed by atoms with E-state index in [0.717, 1.165) is 0 Å². The van der Waals surface area contributed by atoms with Crippen LogP contribution < -0.4 is 0 Å². The third kappa shape index (κ3) is 3.44. The Morgan fingerprint density at radius 1 is 1.14 bits per heavy atom. The summed E-state index contributed by atoms with van der Waals surface area (Å²) in [5, 5.41) is 8.86. The van der Waals surface area contributed by atoms with Crippen LogP contribution in [0.1, 0.15) is 11.6 Å². The van der Waals surface area contributed by atoms with Crippen molar-refractivity contribution in [2.24, 2.45) is 0 Å². The number of hydrogen-bond donors (Lipinski definition) is 1. The minimum absolute atomic E-state index is 0.206.